The van der Waals surface area contributed by atoms with Gasteiger partial charge in [-0.25, -0.2) is 0 Å². The Hall–Kier alpha value is -3.22. The fourth-order valence-electron chi connectivity index (χ4n) is 4.23. The van der Waals surface area contributed by atoms with Crippen molar-refractivity contribution < 1.29 is 4.79 Å². The van der Waals surface area contributed by atoms with Crippen LogP contribution in [0, 0.1) is 0 Å². The number of nitrogens with zero attached hydrogens (tertiary/aromatic N) is 2. The number of carbonyl (C=O) groups is 1. The minimum atomic E-state index is -0.368. The third kappa shape index (κ3) is 5.33. The number of benzene rings is 2. The van der Waals surface area contributed by atoms with E-state index in [4.69, 9.17) is 0 Å². The van der Waals surface area contributed by atoms with Gasteiger partial charge in [-0.05, 0) is 36.7 Å². The first kappa shape index (κ1) is 22.0. The molecule has 1 atom stereocenters. The van der Waals surface area contributed by atoms with Gasteiger partial charge in [-0.3, -0.25) is 14.5 Å². The molecule has 4 rings (SSSR count). The zero-order chi connectivity index (χ0) is 22.3. The van der Waals surface area contributed by atoms with Crippen molar-refractivity contribution >= 4 is 5.91 Å². The van der Waals surface area contributed by atoms with E-state index in [1.807, 2.05) is 36.4 Å². The van der Waals surface area contributed by atoms with Gasteiger partial charge in [0.05, 0.1) is 0 Å². The van der Waals surface area contributed by atoms with Crippen LogP contribution in [0.25, 0.3) is 11.3 Å². The Kier molecular flexibility index (Phi) is 7.14. The predicted octanol–water partition coefficient (Wildman–Crippen LogP) is 3.15. The fraction of sp³-hybridized carbons (Fsp3) is 0.308. The summed E-state index contributed by atoms with van der Waals surface area (Å²) in [5.74, 6) is -0.330. The summed E-state index contributed by atoms with van der Waals surface area (Å²) < 4.78 is 0. The molecule has 1 aliphatic rings. The molecule has 6 heteroatoms. The zero-order valence-electron chi connectivity index (χ0n) is 18.5. The van der Waals surface area contributed by atoms with E-state index < -0.39 is 0 Å². The smallest absolute Gasteiger partial charge is 0.261 e. The molecule has 0 radical (unpaired) electrons. The first-order valence-electron chi connectivity index (χ1n) is 11.2. The first-order chi connectivity index (χ1) is 15.6. The predicted molar refractivity (Wildman–Crippen MR) is 128 cm³/mol. The monoisotopic (exact) mass is 430 g/mol. The molecule has 166 valence electrons. The average Bonchev–Trinajstić information content (AvgIpc) is 2.83. The van der Waals surface area contributed by atoms with Gasteiger partial charge < -0.3 is 15.2 Å². The van der Waals surface area contributed by atoms with E-state index in [0.717, 1.165) is 38.2 Å². The highest BCUT2D eigenvalue weighted by molar-refractivity contribution is 5.94. The van der Waals surface area contributed by atoms with E-state index in [2.05, 4.69) is 51.4 Å². The second-order valence-electron chi connectivity index (χ2n) is 8.31. The molecular formula is C26H30N4O2. The van der Waals surface area contributed by atoms with E-state index in [-0.39, 0.29) is 17.0 Å². The molecule has 0 bridgehead atoms. The average molecular weight is 431 g/mol. The lowest BCUT2D eigenvalue weighted by molar-refractivity contribution is 0.0865. The van der Waals surface area contributed by atoms with Crippen LogP contribution in [-0.4, -0.2) is 60.5 Å². The van der Waals surface area contributed by atoms with Crippen molar-refractivity contribution in [3.05, 3.63) is 94.3 Å². The molecule has 32 heavy (non-hydrogen) atoms. The molecule has 1 aliphatic heterocycles. The molecule has 1 aromatic heterocycles. The van der Waals surface area contributed by atoms with E-state index >= 15 is 0 Å². The van der Waals surface area contributed by atoms with Gasteiger partial charge in [0.15, 0.2) is 0 Å². The number of pyridine rings is 1. The van der Waals surface area contributed by atoms with E-state index in [0.29, 0.717) is 18.3 Å². The van der Waals surface area contributed by atoms with Crippen LogP contribution in [0.15, 0.2) is 77.6 Å². The van der Waals surface area contributed by atoms with Crippen LogP contribution in [-0.2, 0) is 0 Å². The number of nitrogens with one attached hydrogen (secondary N) is 2. The third-order valence-electron chi connectivity index (χ3n) is 6.03. The van der Waals surface area contributed by atoms with Gasteiger partial charge in [0.2, 0.25) is 0 Å². The normalized spacial score (nSPS) is 17.2. The summed E-state index contributed by atoms with van der Waals surface area (Å²) in [7, 11) is 2.16. The summed E-state index contributed by atoms with van der Waals surface area (Å²) in [6.45, 7) is 4.48. The van der Waals surface area contributed by atoms with Crippen LogP contribution >= 0.6 is 0 Å². The fourth-order valence-corrected chi connectivity index (χ4v) is 4.23. The van der Waals surface area contributed by atoms with Crippen molar-refractivity contribution in [2.75, 3.05) is 39.8 Å². The van der Waals surface area contributed by atoms with Gasteiger partial charge in [0.1, 0.15) is 5.56 Å². The zero-order valence-corrected chi connectivity index (χ0v) is 18.5. The standard InChI is InChI=1S/C26H30N4O2/c1-29-17-18-30(24(19-29)21-11-6-3-7-12-21)16-8-15-27-25(31)22-13-14-23(28-26(22)32)20-9-4-2-5-10-20/h2-7,9-14,24H,8,15-19H2,1H3,(H,27,31)(H,28,32). The number of hydrogen-bond donors (Lipinski definition) is 2. The quantitative estimate of drug-likeness (QED) is 0.565. The summed E-state index contributed by atoms with van der Waals surface area (Å²) >= 11 is 0. The van der Waals surface area contributed by atoms with Crippen LogP contribution in [0.2, 0.25) is 0 Å². The first-order valence-corrected chi connectivity index (χ1v) is 11.2. The van der Waals surface area contributed by atoms with E-state index in [1.165, 1.54) is 5.56 Å². The van der Waals surface area contributed by atoms with Gasteiger partial charge in [0, 0.05) is 44.5 Å². The number of hydrogen-bond acceptors (Lipinski definition) is 4. The number of aromatic nitrogens is 1. The Morgan fingerprint density at radius 2 is 1.72 bits per heavy atom. The second-order valence-corrected chi connectivity index (χ2v) is 8.31. The molecule has 0 spiro atoms. The summed E-state index contributed by atoms with van der Waals surface area (Å²) in [5, 5.41) is 2.91. The van der Waals surface area contributed by atoms with Crippen LogP contribution in [0.3, 0.4) is 0 Å². The van der Waals surface area contributed by atoms with Gasteiger partial charge in [-0.15, -0.1) is 0 Å². The lowest BCUT2D eigenvalue weighted by Crippen LogP contribution is -2.47. The van der Waals surface area contributed by atoms with Gasteiger partial charge in [-0.1, -0.05) is 60.7 Å². The molecule has 1 amide bonds. The van der Waals surface area contributed by atoms with Crippen molar-refractivity contribution in [2.24, 2.45) is 0 Å². The minimum absolute atomic E-state index is 0.145. The Morgan fingerprint density at radius 3 is 2.44 bits per heavy atom. The Labute approximate surface area is 188 Å². The topological polar surface area (TPSA) is 68.4 Å². The number of likely N-dealkylation sites (N-methyl/N-ethyl adjacent to an activating group) is 1. The summed E-state index contributed by atoms with van der Waals surface area (Å²) in [6, 6.07) is 23.9. The molecule has 0 aliphatic carbocycles. The molecule has 1 fully saturated rings. The Bertz CT molecular complexity index is 1080. The maximum atomic E-state index is 12.5. The lowest BCUT2D eigenvalue weighted by atomic mass is 10.0. The number of rotatable bonds is 7. The molecule has 1 unspecified atom stereocenters. The SMILES string of the molecule is CN1CCN(CCCNC(=O)c2ccc(-c3ccccc3)[nH]c2=O)C(c2ccccc2)C1. The Balaban J connectivity index is 1.31. The van der Waals surface area contributed by atoms with Crippen molar-refractivity contribution in [2.45, 2.75) is 12.5 Å². The highest BCUT2D eigenvalue weighted by Gasteiger charge is 2.26. The number of H-pyrrole nitrogens is 1. The number of piperazine rings is 1. The van der Waals surface area contributed by atoms with Gasteiger partial charge >= 0.3 is 0 Å². The Morgan fingerprint density at radius 1 is 1.00 bits per heavy atom. The van der Waals surface area contributed by atoms with Crippen LogP contribution < -0.4 is 10.9 Å². The van der Waals surface area contributed by atoms with Crippen molar-refractivity contribution in [1.29, 1.82) is 0 Å². The molecule has 6 nitrogen and oxygen atoms in total. The molecule has 2 aromatic carbocycles. The molecule has 1 saturated heterocycles. The largest absolute Gasteiger partial charge is 0.352 e. The van der Waals surface area contributed by atoms with Crippen molar-refractivity contribution in [3.8, 4) is 11.3 Å². The third-order valence-corrected chi connectivity index (χ3v) is 6.03. The number of amides is 1. The number of carbonyl (C=O) groups excluding carboxylic acids is 1. The molecule has 2 heterocycles. The maximum absolute atomic E-state index is 12.5. The van der Waals surface area contributed by atoms with Gasteiger partial charge in [-0.2, -0.15) is 0 Å². The van der Waals surface area contributed by atoms with Crippen LogP contribution in [0.5, 0.6) is 0 Å². The maximum Gasteiger partial charge on any atom is 0.261 e. The molecule has 2 N–H and O–H groups in total. The molecule has 0 saturated carbocycles. The van der Waals surface area contributed by atoms with Crippen molar-refractivity contribution in [1.82, 2.24) is 20.1 Å². The van der Waals surface area contributed by atoms with E-state index in [9.17, 15) is 9.59 Å². The highest BCUT2D eigenvalue weighted by Crippen LogP contribution is 2.24. The lowest BCUT2D eigenvalue weighted by Gasteiger charge is -2.40. The highest BCUT2D eigenvalue weighted by atomic mass is 16.2. The summed E-state index contributed by atoms with van der Waals surface area (Å²) in [4.78, 5) is 32.6. The van der Waals surface area contributed by atoms with Crippen molar-refractivity contribution in [3.63, 3.8) is 0 Å². The van der Waals surface area contributed by atoms with Crippen LogP contribution in [0.4, 0.5) is 0 Å². The molecular weight excluding hydrogens is 400 g/mol. The summed E-state index contributed by atoms with van der Waals surface area (Å²) in [5.41, 5.74) is 2.72. The summed E-state index contributed by atoms with van der Waals surface area (Å²) in [6.07, 6.45) is 0.832. The minimum Gasteiger partial charge on any atom is -0.352 e. The number of aromatic amines is 1. The molecule has 3 aromatic rings. The van der Waals surface area contributed by atoms with Gasteiger partial charge in [0.25, 0.3) is 11.5 Å². The van der Waals surface area contributed by atoms with E-state index in [1.54, 1.807) is 12.1 Å². The van der Waals surface area contributed by atoms with Crippen LogP contribution in [0.1, 0.15) is 28.4 Å². The second kappa shape index (κ2) is 10.4.